The molecule has 0 saturated carbocycles. The Kier molecular flexibility index (Phi) is 7.86. The number of rotatable bonds is 5. The lowest BCUT2D eigenvalue weighted by atomic mass is 10.0. The molecule has 18 heavy (non-hydrogen) atoms. The van der Waals surface area contributed by atoms with Gasteiger partial charge in [0, 0.05) is 5.70 Å². The van der Waals surface area contributed by atoms with Crippen LogP contribution in [0, 0.1) is 0 Å². The van der Waals surface area contributed by atoms with E-state index in [2.05, 4.69) is 58.1 Å². The fourth-order valence-electron chi connectivity index (χ4n) is 1.65. The molecule has 0 saturated heterocycles. The van der Waals surface area contributed by atoms with Crippen LogP contribution in [0.15, 0.2) is 58.4 Å². The van der Waals surface area contributed by atoms with Crippen molar-refractivity contribution in [2.24, 2.45) is 5.73 Å². The first-order chi connectivity index (χ1) is 8.47. The second kappa shape index (κ2) is 8.57. The Labute approximate surface area is 112 Å². The van der Waals surface area contributed by atoms with Crippen molar-refractivity contribution in [3.63, 3.8) is 0 Å². The van der Waals surface area contributed by atoms with E-state index in [0.29, 0.717) is 0 Å². The van der Waals surface area contributed by atoms with Gasteiger partial charge in [0.2, 0.25) is 0 Å². The summed E-state index contributed by atoms with van der Waals surface area (Å²) >= 11 is 0. The fraction of sp³-hybridized carbons (Fsp3) is 0.412. The van der Waals surface area contributed by atoms with Gasteiger partial charge < -0.3 is 5.73 Å². The number of nitrogens with two attached hydrogens (primary N) is 1. The molecule has 0 rings (SSSR count). The first kappa shape index (κ1) is 16.5. The quantitative estimate of drug-likeness (QED) is 0.674. The molecule has 0 bridgehead atoms. The van der Waals surface area contributed by atoms with Crippen LogP contribution in [0.5, 0.6) is 0 Å². The van der Waals surface area contributed by atoms with Gasteiger partial charge >= 0.3 is 0 Å². The topological polar surface area (TPSA) is 26.0 Å². The lowest BCUT2D eigenvalue weighted by Gasteiger charge is -2.05. The molecule has 0 heterocycles. The van der Waals surface area contributed by atoms with Crippen molar-refractivity contribution >= 4 is 0 Å². The molecule has 0 unspecified atom stereocenters. The van der Waals surface area contributed by atoms with E-state index < -0.39 is 0 Å². The highest BCUT2D eigenvalue weighted by Crippen LogP contribution is 2.16. The summed E-state index contributed by atoms with van der Waals surface area (Å²) in [6.45, 7) is 12.4. The highest BCUT2D eigenvalue weighted by Gasteiger charge is 1.97. The van der Waals surface area contributed by atoms with Gasteiger partial charge in [0.25, 0.3) is 0 Å². The molecular weight excluding hydrogens is 218 g/mol. The van der Waals surface area contributed by atoms with Crippen LogP contribution in [0.4, 0.5) is 0 Å². The van der Waals surface area contributed by atoms with Crippen molar-refractivity contribution in [2.75, 3.05) is 0 Å². The normalized spacial score (nSPS) is 16.2. The average molecular weight is 245 g/mol. The van der Waals surface area contributed by atoms with Crippen LogP contribution < -0.4 is 5.73 Å². The monoisotopic (exact) mass is 245 g/mol. The zero-order valence-corrected chi connectivity index (χ0v) is 12.7. The van der Waals surface area contributed by atoms with Gasteiger partial charge in [0.15, 0.2) is 0 Å². The summed E-state index contributed by atoms with van der Waals surface area (Å²) in [6, 6.07) is 0. The Balaban J connectivity index is 5.06. The van der Waals surface area contributed by atoms with Crippen molar-refractivity contribution in [2.45, 2.75) is 48.0 Å². The summed E-state index contributed by atoms with van der Waals surface area (Å²) in [4.78, 5) is 0. The summed E-state index contributed by atoms with van der Waals surface area (Å²) in [5, 5.41) is 0. The van der Waals surface area contributed by atoms with Gasteiger partial charge in [-0.2, -0.15) is 0 Å². The minimum atomic E-state index is 0.872. The molecule has 1 nitrogen and oxygen atoms in total. The summed E-state index contributed by atoms with van der Waals surface area (Å²) < 4.78 is 0. The molecule has 100 valence electrons. The molecule has 1 heteroatoms. The number of allylic oxidation sites excluding steroid dienone is 10. The van der Waals surface area contributed by atoms with Gasteiger partial charge in [-0.3, -0.25) is 0 Å². The van der Waals surface area contributed by atoms with E-state index >= 15 is 0 Å². The van der Waals surface area contributed by atoms with Crippen molar-refractivity contribution in [1.82, 2.24) is 0 Å². The molecular formula is C17H27N. The lowest BCUT2D eigenvalue weighted by molar-refractivity contribution is 1.10. The highest BCUT2D eigenvalue weighted by atomic mass is 14.6. The molecule has 0 aliphatic heterocycles. The molecule has 0 aromatic heterocycles. The maximum Gasteiger partial charge on any atom is 0.00844 e. The van der Waals surface area contributed by atoms with Crippen LogP contribution in [0.1, 0.15) is 48.0 Å². The molecule has 0 aliphatic carbocycles. The Hall–Kier alpha value is -1.50. The van der Waals surface area contributed by atoms with Crippen LogP contribution >= 0.6 is 0 Å². The number of hydrogen-bond donors (Lipinski definition) is 1. The van der Waals surface area contributed by atoms with E-state index in [1.165, 1.54) is 16.7 Å². The molecule has 0 spiro atoms. The standard InChI is InChI=1S/C17H27N/c1-7-13(4)16(8-2)11-10-12-17(9-3)14(5)15(6)18/h7,9-12H,8,18H2,1-6H3/b12-10+,13-7+,15-14-,16-11-,17-9-. The van der Waals surface area contributed by atoms with Crippen LogP contribution in [0.2, 0.25) is 0 Å². The molecule has 2 N–H and O–H groups in total. The summed E-state index contributed by atoms with van der Waals surface area (Å²) in [6.07, 6.45) is 11.7. The molecule has 0 atom stereocenters. The van der Waals surface area contributed by atoms with Gasteiger partial charge in [-0.1, -0.05) is 42.9 Å². The molecule has 0 radical (unpaired) electrons. The Morgan fingerprint density at radius 3 is 2.06 bits per heavy atom. The first-order valence-corrected chi connectivity index (χ1v) is 6.58. The summed E-state index contributed by atoms with van der Waals surface area (Å²) in [5.74, 6) is 0. The van der Waals surface area contributed by atoms with Crippen LogP contribution in [0.3, 0.4) is 0 Å². The fourth-order valence-corrected chi connectivity index (χ4v) is 1.65. The molecule has 0 aromatic carbocycles. The number of hydrogen-bond acceptors (Lipinski definition) is 1. The zero-order valence-electron chi connectivity index (χ0n) is 12.7. The Morgan fingerprint density at radius 2 is 1.67 bits per heavy atom. The molecule has 0 aromatic rings. The van der Waals surface area contributed by atoms with Crippen LogP contribution in [-0.4, -0.2) is 0 Å². The second-order valence-electron chi connectivity index (χ2n) is 4.43. The molecule has 0 amide bonds. The van der Waals surface area contributed by atoms with Gasteiger partial charge in [-0.15, -0.1) is 0 Å². The van der Waals surface area contributed by atoms with Crippen molar-refractivity contribution < 1.29 is 0 Å². The third kappa shape index (κ3) is 5.22. The summed E-state index contributed by atoms with van der Waals surface area (Å²) in [7, 11) is 0. The Bertz CT molecular complexity index is 411. The predicted octanol–water partition coefficient (Wildman–Crippen LogP) is 5.04. The van der Waals surface area contributed by atoms with E-state index in [-0.39, 0.29) is 0 Å². The minimum absolute atomic E-state index is 0.872. The van der Waals surface area contributed by atoms with E-state index in [9.17, 15) is 0 Å². The maximum absolute atomic E-state index is 5.82. The van der Waals surface area contributed by atoms with Crippen LogP contribution in [-0.2, 0) is 0 Å². The van der Waals surface area contributed by atoms with E-state index in [1.54, 1.807) is 0 Å². The highest BCUT2D eigenvalue weighted by molar-refractivity contribution is 5.42. The third-order valence-corrected chi connectivity index (χ3v) is 3.23. The largest absolute Gasteiger partial charge is 0.402 e. The zero-order chi connectivity index (χ0) is 14.1. The average Bonchev–Trinajstić information content (AvgIpc) is 2.37. The SMILES string of the molecule is C/C=C(/C=C/C=C(CC)\C(C)=C\C)C(\C)=C(\C)N. The van der Waals surface area contributed by atoms with E-state index in [4.69, 9.17) is 5.73 Å². The summed E-state index contributed by atoms with van der Waals surface area (Å²) in [5.41, 5.74) is 11.7. The second-order valence-corrected chi connectivity index (χ2v) is 4.43. The van der Waals surface area contributed by atoms with E-state index in [0.717, 1.165) is 17.7 Å². The van der Waals surface area contributed by atoms with Gasteiger partial charge in [-0.25, -0.2) is 0 Å². The van der Waals surface area contributed by atoms with E-state index in [1.807, 2.05) is 13.8 Å². The van der Waals surface area contributed by atoms with Gasteiger partial charge in [0.05, 0.1) is 0 Å². The van der Waals surface area contributed by atoms with Crippen LogP contribution in [0.25, 0.3) is 0 Å². The Morgan fingerprint density at radius 1 is 1.06 bits per heavy atom. The third-order valence-electron chi connectivity index (χ3n) is 3.23. The lowest BCUT2D eigenvalue weighted by Crippen LogP contribution is -1.96. The van der Waals surface area contributed by atoms with Crippen molar-refractivity contribution in [1.29, 1.82) is 0 Å². The first-order valence-electron chi connectivity index (χ1n) is 6.58. The van der Waals surface area contributed by atoms with Gasteiger partial charge in [-0.05, 0) is 57.8 Å². The minimum Gasteiger partial charge on any atom is -0.402 e. The smallest absolute Gasteiger partial charge is 0.00844 e. The molecule has 0 aliphatic rings. The van der Waals surface area contributed by atoms with Crippen molar-refractivity contribution in [3.8, 4) is 0 Å². The predicted molar refractivity (Wildman–Crippen MR) is 83.3 cm³/mol. The molecule has 0 fully saturated rings. The maximum atomic E-state index is 5.82. The van der Waals surface area contributed by atoms with Gasteiger partial charge in [0.1, 0.15) is 0 Å². The van der Waals surface area contributed by atoms with Crippen molar-refractivity contribution in [3.05, 3.63) is 58.4 Å².